The molecule has 0 saturated heterocycles. The zero-order chi connectivity index (χ0) is 12.4. The monoisotopic (exact) mass is 240 g/mol. The Bertz CT molecular complexity index is 578. The maximum Gasteiger partial charge on any atom is 0.235 e. The van der Waals surface area contributed by atoms with E-state index in [2.05, 4.69) is 21.6 Å². The third-order valence-electron chi connectivity index (χ3n) is 2.87. The Morgan fingerprint density at radius 3 is 2.72 bits per heavy atom. The maximum absolute atomic E-state index is 8.69. The van der Waals surface area contributed by atoms with Gasteiger partial charge in [-0.1, -0.05) is 0 Å². The minimum atomic E-state index is 0.487. The molecule has 90 valence electrons. The minimum absolute atomic E-state index is 0.487. The summed E-state index contributed by atoms with van der Waals surface area (Å²) in [7, 11) is 0. The van der Waals surface area contributed by atoms with Crippen LogP contribution in [0.2, 0.25) is 0 Å². The van der Waals surface area contributed by atoms with Crippen LogP contribution in [0.5, 0.6) is 0 Å². The second-order valence-corrected chi connectivity index (χ2v) is 4.35. The van der Waals surface area contributed by atoms with Gasteiger partial charge in [0.05, 0.1) is 18.2 Å². The van der Waals surface area contributed by atoms with Gasteiger partial charge in [-0.2, -0.15) is 5.26 Å². The first-order chi connectivity index (χ1) is 8.85. The molecule has 2 aromatic rings. The number of anilines is 1. The van der Waals surface area contributed by atoms with Crippen LogP contribution < -0.4 is 5.32 Å². The van der Waals surface area contributed by atoms with Crippen LogP contribution in [0.4, 0.5) is 5.69 Å². The molecule has 3 rings (SSSR count). The fourth-order valence-corrected chi connectivity index (χ4v) is 1.67. The van der Waals surface area contributed by atoms with E-state index in [0.717, 1.165) is 24.4 Å². The molecule has 0 bridgehead atoms. The summed E-state index contributed by atoms with van der Waals surface area (Å²) in [6.07, 6.45) is 2.31. The van der Waals surface area contributed by atoms with Crippen LogP contribution in [-0.4, -0.2) is 10.2 Å². The van der Waals surface area contributed by atoms with Gasteiger partial charge < -0.3 is 9.73 Å². The number of aromatic nitrogens is 2. The number of rotatable bonds is 4. The number of hydrogen-bond acceptors (Lipinski definition) is 5. The van der Waals surface area contributed by atoms with E-state index < -0.39 is 0 Å². The van der Waals surface area contributed by atoms with Gasteiger partial charge in [-0.25, -0.2) is 0 Å². The summed E-state index contributed by atoms with van der Waals surface area (Å²) in [5.74, 6) is 1.84. The number of nitrogens with zero attached hydrogens (tertiary/aromatic N) is 3. The Morgan fingerprint density at radius 2 is 2.06 bits per heavy atom. The maximum atomic E-state index is 8.69. The molecule has 1 fully saturated rings. The van der Waals surface area contributed by atoms with Gasteiger partial charge in [0, 0.05) is 11.6 Å². The van der Waals surface area contributed by atoms with Gasteiger partial charge in [0.25, 0.3) is 0 Å². The van der Waals surface area contributed by atoms with Gasteiger partial charge in [0.2, 0.25) is 11.8 Å². The number of hydrogen-bond donors (Lipinski definition) is 1. The van der Waals surface area contributed by atoms with Crippen molar-refractivity contribution < 1.29 is 4.42 Å². The molecule has 1 N–H and O–H groups in total. The Labute approximate surface area is 104 Å². The van der Waals surface area contributed by atoms with Gasteiger partial charge in [0.15, 0.2) is 0 Å². The largest absolute Gasteiger partial charge is 0.423 e. The lowest BCUT2D eigenvalue weighted by molar-refractivity contribution is 0.457. The fraction of sp³-hybridized carbons (Fsp3) is 0.308. The van der Waals surface area contributed by atoms with E-state index >= 15 is 0 Å². The summed E-state index contributed by atoms with van der Waals surface area (Å²) in [5.41, 5.74) is 1.58. The van der Waals surface area contributed by atoms with Crippen LogP contribution in [0.1, 0.15) is 36.1 Å². The molecule has 1 aliphatic rings. The quantitative estimate of drug-likeness (QED) is 0.888. The number of benzene rings is 1. The van der Waals surface area contributed by atoms with Crippen molar-refractivity contribution in [2.75, 3.05) is 5.32 Å². The van der Waals surface area contributed by atoms with E-state index in [1.54, 1.807) is 12.1 Å². The third kappa shape index (κ3) is 2.33. The molecule has 1 heterocycles. The Kier molecular flexibility index (Phi) is 2.69. The van der Waals surface area contributed by atoms with Crippen LogP contribution in [0.3, 0.4) is 0 Å². The predicted octanol–water partition coefficient (Wildman–Crippen LogP) is 2.43. The molecule has 0 amide bonds. The molecule has 5 heteroatoms. The average Bonchev–Trinajstić information content (AvgIpc) is 3.16. The standard InChI is InChI=1S/C13H12N4O/c14-7-9-1-5-11(6-2-9)15-8-12-16-17-13(18-12)10-3-4-10/h1-2,5-6,10,15H,3-4,8H2. The smallest absolute Gasteiger partial charge is 0.235 e. The summed E-state index contributed by atoms with van der Waals surface area (Å²) in [5, 5.41) is 19.9. The lowest BCUT2D eigenvalue weighted by Gasteiger charge is -2.02. The molecule has 0 radical (unpaired) electrons. The van der Waals surface area contributed by atoms with Gasteiger partial charge in [-0.3, -0.25) is 0 Å². The van der Waals surface area contributed by atoms with Gasteiger partial charge in [-0.05, 0) is 37.1 Å². The van der Waals surface area contributed by atoms with E-state index in [0.29, 0.717) is 23.9 Å². The van der Waals surface area contributed by atoms with Crippen molar-refractivity contribution in [3.8, 4) is 6.07 Å². The van der Waals surface area contributed by atoms with Crippen LogP contribution in [-0.2, 0) is 6.54 Å². The molecule has 0 atom stereocenters. The van der Waals surface area contributed by atoms with Crippen molar-refractivity contribution in [2.45, 2.75) is 25.3 Å². The minimum Gasteiger partial charge on any atom is -0.423 e. The highest BCUT2D eigenvalue weighted by Gasteiger charge is 2.29. The van der Waals surface area contributed by atoms with E-state index in [-0.39, 0.29) is 0 Å². The van der Waals surface area contributed by atoms with Crippen molar-refractivity contribution in [1.82, 2.24) is 10.2 Å². The molecular weight excluding hydrogens is 228 g/mol. The lowest BCUT2D eigenvalue weighted by atomic mass is 10.2. The lowest BCUT2D eigenvalue weighted by Crippen LogP contribution is -1.99. The van der Waals surface area contributed by atoms with Crippen molar-refractivity contribution in [3.05, 3.63) is 41.6 Å². The summed E-state index contributed by atoms with van der Waals surface area (Å²) in [4.78, 5) is 0. The molecular formula is C13H12N4O. The van der Waals surface area contributed by atoms with Crippen LogP contribution in [0.25, 0.3) is 0 Å². The topological polar surface area (TPSA) is 74.7 Å². The highest BCUT2D eigenvalue weighted by atomic mass is 16.4. The highest BCUT2D eigenvalue weighted by Crippen LogP contribution is 2.38. The van der Waals surface area contributed by atoms with Crippen molar-refractivity contribution >= 4 is 5.69 Å². The molecule has 0 aliphatic heterocycles. The van der Waals surface area contributed by atoms with E-state index in [9.17, 15) is 0 Å². The second kappa shape index (κ2) is 4.49. The molecule has 1 aliphatic carbocycles. The molecule has 1 aromatic heterocycles. The fourth-order valence-electron chi connectivity index (χ4n) is 1.67. The molecule has 0 spiro atoms. The summed E-state index contributed by atoms with van der Waals surface area (Å²) >= 11 is 0. The molecule has 1 saturated carbocycles. The first-order valence-electron chi connectivity index (χ1n) is 5.91. The predicted molar refractivity (Wildman–Crippen MR) is 64.8 cm³/mol. The summed E-state index contributed by atoms with van der Waals surface area (Å²) in [6.45, 7) is 0.506. The first kappa shape index (κ1) is 10.8. The molecule has 5 nitrogen and oxygen atoms in total. The number of nitrogens with one attached hydrogen (secondary N) is 1. The van der Waals surface area contributed by atoms with Crippen LogP contribution >= 0.6 is 0 Å². The van der Waals surface area contributed by atoms with Gasteiger partial charge in [-0.15, -0.1) is 10.2 Å². The normalized spacial score (nSPS) is 14.2. The SMILES string of the molecule is N#Cc1ccc(NCc2nnc(C3CC3)o2)cc1. The zero-order valence-corrected chi connectivity index (χ0v) is 9.76. The van der Waals surface area contributed by atoms with E-state index in [1.807, 2.05) is 12.1 Å². The van der Waals surface area contributed by atoms with E-state index in [1.165, 1.54) is 0 Å². The van der Waals surface area contributed by atoms with Crippen molar-refractivity contribution in [1.29, 1.82) is 5.26 Å². The van der Waals surface area contributed by atoms with Crippen LogP contribution in [0.15, 0.2) is 28.7 Å². The Morgan fingerprint density at radius 1 is 1.28 bits per heavy atom. The molecule has 1 aromatic carbocycles. The molecule has 0 unspecified atom stereocenters. The van der Waals surface area contributed by atoms with E-state index in [4.69, 9.17) is 9.68 Å². The van der Waals surface area contributed by atoms with Crippen molar-refractivity contribution in [2.24, 2.45) is 0 Å². The Balaban J connectivity index is 1.60. The average molecular weight is 240 g/mol. The summed E-state index contributed by atoms with van der Waals surface area (Å²) < 4.78 is 5.54. The van der Waals surface area contributed by atoms with Crippen molar-refractivity contribution in [3.63, 3.8) is 0 Å². The second-order valence-electron chi connectivity index (χ2n) is 4.35. The Hall–Kier alpha value is -2.35. The molecule has 18 heavy (non-hydrogen) atoms. The zero-order valence-electron chi connectivity index (χ0n) is 9.76. The third-order valence-corrected chi connectivity index (χ3v) is 2.87. The van der Waals surface area contributed by atoms with Gasteiger partial charge >= 0.3 is 0 Å². The number of nitriles is 1. The van der Waals surface area contributed by atoms with Gasteiger partial charge in [0.1, 0.15) is 0 Å². The van der Waals surface area contributed by atoms with Crippen LogP contribution in [0, 0.1) is 11.3 Å². The highest BCUT2D eigenvalue weighted by molar-refractivity contribution is 5.47. The summed E-state index contributed by atoms with van der Waals surface area (Å²) in [6, 6.07) is 9.34. The first-order valence-corrected chi connectivity index (χ1v) is 5.91.